The van der Waals surface area contributed by atoms with Gasteiger partial charge in [-0.2, -0.15) is 0 Å². The van der Waals surface area contributed by atoms with Crippen LogP contribution in [0.1, 0.15) is 30.5 Å². The first-order chi connectivity index (χ1) is 6.84. The minimum atomic E-state index is -1.25. The van der Waals surface area contributed by atoms with Crippen LogP contribution in [0.3, 0.4) is 0 Å². The number of aryl methyl sites for hydroxylation is 2. The predicted octanol–water partition coefficient (Wildman–Crippen LogP) is 3.23. The number of carboxylic acid groups (broad SMARTS) is 1. The molecule has 0 fully saturated rings. The number of benzene rings is 1. The minimum Gasteiger partial charge on any atom is -0.450 e. The lowest BCUT2D eigenvalue weighted by molar-refractivity contribution is 0.000381. The summed E-state index contributed by atoms with van der Waals surface area (Å²) in [6.45, 7) is 7.43. The minimum absolute atomic E-state index is 0.804. The molecule has 1 rings (SSSR count). The molecule has 0 heterocycles. The van der Waals surface area contributed by atoms with Crippen molar-refractivity contribution < 1.29 is 14.6 Å². The van der Waals surface area contributed by atoms with Gasteiger partial charge in [0.25, 0.3) is 0 Å². The van der Waals surface area contributed by atoms with Gasteiger partial charge in [-0.1, -0.05) is 18.2 Å². The maximum absolute atomic E-state index is 10.6. The molecule has 0 atom stereocenters. The molecule has 0 saturated heterocycles. The zero-order valence-corrected chi connectivity index (χ0v) is 9.50. The van der Waals surface area contributed by atoms with E-state index in [0.717, 1.165) is 16.7 Å². The van der Waals surface area contributed by atoms with Crippen LogP contribution in [-0.4, -0.2) is 11.3 Å². The third-order valence-electron chi connectivity index (χ3n) is 2.43. The van der Waals surface area contributed by atoms with E-state index >= 15 is 0 Å². The quantitative estimate of drug-likeness (QED) is 0.759. The van der Waals surface area contributed by atoms with Gasteiger partial charge in [0.05, 0.1) is 0 Å². The summed E-state index contributed by atoms with van der Waals surface area (Å²) in [5, 5.41) is 8.67. The van der Waals surface area contributed by atoms with Crippen LogP contribution in [0.15, 0.2) is 18.2 Å². The smallest absolute Gasteiger partial charge is 0.450 e. The number of carbonyl (C=O) groups is 1. The molecule has 15 heavy (non-hydrogen) atoms. The fraction of sp³-hybridized carbons (Fsp3) is 0.417. The lowest BCUT2D eigenvalue weighted by Gasteiger charge is -2.27. The number of hydrogen-bond donors (Lipinski definition) is 1. The molecule has 0 saturated carbocycles. The van der Waals surface area contributed by atoms with E-state index in [-0.39, 0.29) is 0 Å². The van der Waals surface area contributed by atoms with Gasteiger partial charge in [0.15, 0.2) is 0 Å². The van der Waals surface area contributed by atoms with Gasteiger partial charge in [0.2, 0.25) is 0 Å². The topological polar surface area (TPSA) is 46.5 Å². The SMILES string of the molecule is Cc1cccc(C)c1C(C)(C)OC(=O)O. The van der Waals surface area contributed by atoms with E-state index in [4.69, 9.17) is 9.84 Å². The Morgan fingerprint density at radius 3 is 2.13 bits per heavy atom. The number of rotatable bonds is 2. The van der Waals surface area contributed by atoms with Crippen LogP contribution in [0.25, 0.3) is 0 Å². The van der Waals surface area contributed by atoms with Crippen LogP contribution in [-0.2, 0) is 10.3 Å². The summed E-state index contributed by atoms with van der Waals surface area (Å²) in [7, 11) is 0. The Morgan fingerprint density at radius 1 is 1.27 bits per heavy atom. The Labute approximate surface area is 89.7 Å². The first-order valence-corrected chi connectivity index (χ1v) is 4.83. The van der Waals surface area contributed by atoms with Gasteiger partial charge in [-0.05, 0) is 38.8 Å². The van der Waals surface area contributed by atoms with Gasteiger partial charge in [-0.15, -0.1) is 0 Å². The number of hydrogen-bond acceptors (Lipinski definition) is 2. The van der Waals surface area contributed by atoms with E-state index in [9.17, 15) is 4.79 Å². The van der Waals surface area contributed by atoms with Crippen molar-refractivity contribution in [2.24, 2.45) is 0 Å². The van der Waals surface area contributed by atoms with Gasteiger partial charge in [0, 0.05) is 5.56 Å². The van der Waals surface area contributed by atoms with E-state index in [2.05, 4.69) is 0 Å². The van der Waals surface area contributed by atoms with Gasteiger partial charge in [-0.25, -0.2) is 4.79 Å². The summed E-state index contributed by atoms with van der Waals surface area (Å²) in [5.41, 5.74) is 2.22. The summed E-state index contributed by atoms with van der Waals surface area (Å²) < 4.78 is 4.90. The van der Waals surface area contributed by atoms with Crippen molar-refractivity contribution in [3.05, 3.63) is 34.9 Å². The standard InChI is InChI=1S/C12H16O3/c1-8-6-5-7-9(2)10(8)12(3,4)15-11(13)14/h5-7H,1-4H3,(H,13,14). The Kier molecular flexibility index (Phi) is 3.03. The molecule has 1 aromatic carbocycles. The van der Waals surface area contributed by atoms with E-state index in [1.165, 1.54) is 0 Å². The van der Waals surface area contributed by atoms with Crippen LogP contribution < -0.4 is 0 Å². The van der Waals surface area contributed by atoms with Crippen LogP contribution >= 0.6 is 0 Å². The van der Waals surface area contributed by atoms with Crippen LogP contribution in [0.5, 0.6) is 0 Å². The highest BCUT2D eigenvalue weighted by molar-refractivity contribution is 5.58. The molecular weight excluding hydrogens is 192 g/mol. The number of ether oxygens (including phenoxy) is 1. The maximum Gasteiger partial charge on any atom is 0.506 e. The molecule has 1 aromatic rings. The molecular formula is C12H16O3. The normalized spacial score (nSPS) is 11.2. The molecule has 3 nitrogen and oxygen atoms in total. The lowest BCUT2D eigenvalue weighted by atomic mass is 9.89. The summed E-state index contributed by atoms with van der Waals surface area (Å²) >= 11 is 0. The maximum atomic E-state index is 10.6. The van der Waals surface area contributed by atoms with Gasteiger partial charge < -0.3 is 9.84 Å². The summed E-state index contributed by atoms with van der Waals surface area (Å²) in [5.74, 6) is 0. The fourth-order valence-corrected chi connectivity index (χ4v) is 2.03. The zero-order chi connectivity index (χ0) is 11.6. The van der Waals surface area contributed by atoms with E-state index < -0.39 is 11.8 Å². The van der Waals surface area contributed by atoms with Crippen LogP contribution in [0.4, 0.5) is 4.79 Å². The molecule has 82 valence electrons. The molecule has 3 heteroatoms. The average molecular weight is 208 g/mol. The van der Waals surface area contributed by atoms with Gasteiger partial charge in [0.1, 0.15) is 5.60 Å². The molecule has 0 aliphatic heterocycles. The molecule has 0 aliphatic carbocycles. The summed E-state index contributed by atoms with van der Waals surface area (Å²) in [6.07, 6.45) is -1.25. The Bertz CT molecular complexity index is 360. The average Bonchev–Trinajstić information content (AvgIpc) is 1.99. The monoisotopic (exact) mass is 208 g/mol. The second-order valence-corrected chi connectivity index (χ2v) is 4.15. The molecule has 0 spiro atoms. The molecule has 0 aromatic heterocycles. The highest BCUT2D eigenvalue weighted by Crippen LogP contribution is 2.30. The van der Waals surface area contributed by atoms with Gasteiger partial charge in [-0.3, -0.25) is 0 Å². The first kappa shape index (κ1) is 11.6. The Balaban J connectivity index is 3.19. The molecule has 1 N–H and O–H groups in total. The third-order valence-corrected chi connectivity index (χ3v) is 2.43. The van der Waals surface area contributed by atoms with E-state index in [1.54, 1.807) is 13.8 Å². The molecule has 0 radical (unpaired) electrons. The molecule has 0 bridgehead atoms. The van der Waals surface area contributed by atoms with Crippen LogP contribution in [0.2, 0.25) is 0 Å². The fourth-order valence-electron chi connectivity index (χ4n) is 2.03. The summed E-state index contributed by atoms with van der Waals surface area (Å²) in [6, 6.07) is 5.86. The van der Waals surface area contributed by atoms with Gasteiger partial charge >= 0.3 is 6.16 Å². The third kappa shape index (κ3) is 2.49. The van der Waals surface area contributed by atoms with E-state index in [0.29, 0.717) is 0 Å². The predicted molar refractivity (Wildman–Crippen MR) is 58.1 cm³/mol. The van der Waals surface area contributed by atoms with Crippen molar-refractivity contribution in [1.29, 1.82) is 0 Å². The Morgan fingerprint density at radius 2 is 1.73 bits per heavy atom. The second-order valence-electron chi connectivity index (χ2n) is 4.15. The zero-order valence-electron chi connectivity index (χ0n) is 9.50. The lowest BCUT2D eigenvalue weighted by Crippen LogP contribution is -2.26. The van der Waals surface area contributed by atoms with Crippen LogP contribution in [0, 0.1) is 13.8 Å². The largest absolute Gasteiger partial charge is 0.506 e. The Hall–Kier alpha value is -1.51. The molecule has 0 amide bonds. The van der Waals surface area contributed by atoms with Crippen molar-refractivity contribution in [1.82, 2.24) is 0 Å². The highest BCUT2D eigenvalue weighted by atomic mass is 16.7. The van der Waals surface area contributed by atoms with Crippen molar-refractivity contribution >= 4 is 6.16 Å². The van der Waals surface area contributed by atoms with E-state index in [1.807, 2.05) is 32.0 Å². The van der Waals surface area contributed by atoms with Crippen molar-refractivity contribution in [2.45, 2.75) is 33.3 Å². The van der Waals surface area contributed by atoms with Crippen molar-refractivity contribution in [2.75, 3.05) is 0 Å². The molecule has 0 aliphatic rings. The molecule has 0 unspecified atom stereocenters. The highest BCUT2D eigenvalue weighted by Gasteiger charge is 2.28. The summed E-state index contributed by atoms with van der Waals surface area (Å²) in [4.78, 5) is 10.6. The van der Waals surface area contributed by atoms with Crippen molar-refractivity contribution in [3.8, 4) is 0 Å². The first-order valence-electron chi connectivity index (χ1n) is 4.83. The second kappa shape index (κ2) is 3.93. The van der Waals surface area contributed by atoms with Crippen molar-refractivity contribution in [3.63, 3.8) is 0 Å².